The number of benzene rings is 2. The molecule has 0 aliphatic carbocycles. The van der Waals surface area contributed by atoms with E-state index in [1.807, 2.05) is 30.3 Å². The maximum atomic E-state index is 13.1. The summed E-state index contributed by atoms with van der Waals surface area (Å²) in [6.45, 7) is 1.98. The van der Waals surface area contributed by atoms with E-state index in [1.165, 1.54) is 6.92 Å². The number of rotatable bonds is 5. The molecule has 0 unspecified atom stereocenters. The maximum Gasteiger partial charge on any atom is 0.416 e. The van der Waals surface area contributed by atoms with Gasteiger partial charge in [0.25, 0.3) is 0 Å². The fourth-order valence-electron chi connectivity index (χ4n) is 3.58. The van der Waals surface area contributed by atoms with Crippen molar-refractivity contribution in [2.24, 2.45) is 11.7 Å². The molecule has 0 radical (unpaired) electrons. The first-order valence-electron chi connectivity index (χ1n) is 9.32. The first kappa shape index (κ1) is 22.6. The first-order chi connectivity index (χ1) is 14.0. The Morgan fingerprint density at radius 3 is 2.07 bits per heavy atom. The Morgan fingerprint density at radius 2 is 1.57 bits per heavy atom. The second-order valence-corrected chi connectivity index (χ2v) is 7.25. The van der Waals surface area contributed by atoms with Crippen LogP contribution < -0.4 is 5.73 Å². The molecule has 0 saturated carbocycles. The molecule has 0 bridgehead atoms. The van der Waals surface area contributed by atoms with E-state index in [-0.39, 0.29) is 30.1 Å². The van der Waals surface area contributed by atoms with E-state index >= 15 is 0 Å². The molecular weight excluding hydrogens is 412 g/mol. The Hall–Kier alpha value is -2.10. The molecule has 164 valence electrons. The van der Waals surface area contributed by atoms with Crippen molar-refractivity contribution < 1.29 is 35.8 Å². The van der Waals surface area contributed by atoms with Crippen molar-refractivity contribution >= 4 is 0 Å². The third kappa shape index (κ3) is 4.96. The van der Waals surface area contributed by atoms with E-state index in [2.05, 4.69) is 0 Å². The van der Waals surface area contributed by atoms with Crippen LogP contribution in [0.5, 0.6) is 0 Å². The maximum absolute atomic E-state index is 13.1. The zero-order chi connectivity index (χ0) is 22.1. The summed E-state index contributed by atoms with van der Waals surface area (Å²) in [5.74, 6) is -0.372. The van der Waals surface area contributed by atoms with Gasteiger partial charge >= 0.3 is 12.4 Å². The van der Waals surface area contributed by atoms with Gasteiger partial charge in [-0.3, -0.25) is 0 Å². The van der Waals surface area contributed by atoms with E-state index in [0.29, 0.717) is 18.7 Å². The standard InChI is InChI=1S/C21H21F6NO2/c1-12(14-7-16(20(22,23)24)9-17(8-14)21(25,26)27)30-19-18(15(10-28)11-29-19)13-5-3-2-4-6-13/h2-9,12,15,18-19H,10-11,28H2,1H3/t12-,15-,18+,19-/m0/s1. The van der Waals surface area contributed by atoms with Gasteiger partial charge in [-0.05, 0) is 42.8 Å². The molecule has 3 nitrogen and oxygen atoms in total. The highest BCUT2D eigenvalue weighted by atomic mass is 19.4. The summed E-state index contributed by atoms with van der Waals surface area (Å²) in [5.41, 5.74) is 3.70. The predicted octanol–water partition coefficient (Wildman–Crippen LogP) is 5.52. The van der Waals surface area contributed by atoms with Gasteiger partial charge in [-0.2, -0.15) is 26.3 Å². The number of ether oxygens (including phenoxy) is 2. The average molecular weight is 433 g/mol. The smallest absolute Gasteiger partial charge is 0.352 e. The van der Waals surface area contributed by atoms with E-state index in [9.17, 15) is 26.3 Å². The van der Waals surface area contributed by atoms with Gasteiger partial charge in [0.1, 0.15) is 0 Å². The molecule has 1 aliphatic heterocycles. The Morgan fingerprint density at radius 1 is 1.00 bits per heavy atom. The molecule has 1 aliphatic rings. The molecule has 1 saturated heterocycles. The van der Waals surface area contributed by atoms with Crippen LogP contribution in [0.15, 0.2) is 48.5 Å². The quantitative estimate of drug-likeness (QED) is 0.632. The van der Waals surface area contributed by atoms with Crippen molar-refractivity contribution in [3.63, 3.8) is 0 Å². The Kier molecular flexibility index (Phi) is 6.45. The Balaban J connectivity index is 1.90. The molecule has 2 N–H and O–H groups in total. The van der Waals surface area contributed by atoms with Gasteiger partial charge in [-0.1, -0.05) is 30.3 Å². The fraction of sp³-hybridized carbons (Fsp3) is 0.429. The SMILES string of the molecule is C[C@H](O[C@@H]1OC[C@H](CN)[C@H]1c1ccccc1)c1cc(C(F)(F)F)cc(C(F)(F)F)c1. The van der Waals surface area contributed by atoms with Crippen LogP contribution in [0, 0.1) is 5.92 Å². The van der Waals surface area contributed by atoms with Crippen molar-refractivity contribution in [1.29, 1.82) is 0 Å². The molecule has 1 fully saturated rings. The van der Waals surface area contributed by atoms with Crippen LogP contribution in [0.4, 0.5) is 26.3 Å². The van der Waals surface area contributed by atoms with Crippen molar-refractivity contribution in [2.75, 3.05) is 13.2 Å². The van der Waals surface area contributed by atoms with E-state index in [4.69, 9.17) is 15.2 Å². The summed E-state index contributed by atoms with van der Waals surface area (Å²) < 4.78 is 90.3. The summed E-state index contributed by atoms with van der Waals surface area (Å²) >= 11 is 0. The summed E-state index contributed by atoms with van der Waals surface area (Å²) in [6, 6.07) is 10.6. The molecule has 4 atom stereocenters. The fourth-order valence-corrected chi connectivity index (χ4v) is 3.58. The predicted molar refractivity (Wildman–Crippen MR) is 97.4 cm³/mol. The van der Waals surface area contributed by atoms with Crippen LogP contribution in [-0.4, -0.2) is 19.4 Å². The lowest BCUT2D eigenvalue weighted by Crippen LogP contribution is -2.26. The van der Waals surface area contributed by atoms with E-state index < -0.39 is 35.9 Å². The van der Waals surface area contributed by atoms with Crippen LogP contribution in [-0.2, 0) is 21.8 Å². The van der Waals surface area contributed by atoms with Crippen LogP contribution in [0.2, 0.25) is 0 Å². The second-order valence-electron chi connectivity index (χ2n) is 7.25. The summed E-state index contributed by atoms with van der Waals surface area (Å²) in [5, 5.41) is 0. The number of hydrogen-bond acceptors (Lipinski definition) is 3. The molecule has 2 aromatic rings. The number of halogens is 6. The van der Waals surface area contributed by atoms with Gasteiger partial charge in [-0.15, -0.1) is 0 Å². The summed E-state index contributed by atoms with van der Waals surface area (Å²) in [7, 11) is 0. The van der Waals surface area contributed by atoms with Crippen molar-refractivity contribution in [3.05, 3.63) is 70.8 Å². The lowest BCUT2D eigenvalue weighted by Gasteiger charge is -2.26. The number of nitrogens with two attached hydrogens (primary N) is 1. The molecule has 1 heterocycles. The third-order valence-electron chi connectivity index (χ3n) is 5.18. The second kappa shape index (κ2) is 8.56. The Labute approximate surface area is 169 Å². The minimum absolute atomic E-state index is 0.0863. The summed E-state index contributed by atoms with van der Waals surface area (Å²) in [6.07, 6.45) is -11.8. The Bertz CT molecular complexity index is 821. The molecule has 0 aromatic heterocycles. The highest BCUT2D eigenvalue weighted by Crippen LogP contribution is 2.41. The third-order valence-corrected chi connectivity index (χ3v) is 5.18. The van der Waals surface area contributed by atoms with Gasteiger partial charge in [0.15, 0.2) is 6.29 Å². The minimum atomic E-state index is -4.92. The first-order valence-corrected chi connectivity index (χ1v) is 9.32. The average Bonchev–Trinajstić information content (AvgIpc) is 3.09. The minimum Gasteiger partial charge on any atom is -0.352 e. The van der Waals surface area contributed by atoms with Crippen molar-refractivity contribution in [3.8, 4) is 0 Å². The molecular formula is C21H21F6NO2. The topological polar surface area (TPSA) is 44.5 Å². The molecule has 2 aromatic carbocycles. The van der Waals surface area contributed by atoms with Crippen molar-refractivity contribution in [2.45, 2.75) is 37.6 Å². The van der Waals surface area contributed by atoms with Gasteiger partial charge in [0, 0.05) is 11.8 Å². The highest BCUT2D eigenvalue weighted by Gasteiger charge is 2.41. The highest BCUT2D eigenvalue weighted by molar-refractivity contribution is 5.34. The molecule has 0 amide bonds. The van der Waals surface area contributed by atoms with Crippen LogP contribution in [0.3, 0.4) is 0 Å². The van der Waals surface area contributed by atoms with Crippen LogP contribution in [0.1, 0.15) is 41.2 Å². The largest absolute Gasteiger partial charge is 0.416 e. The lowest BCUT2D eigenvalue weighted by molar-refractivity contribution is -0.150. The zero-order valence-electron chi connectivity index (χ0n) is 16.0. The monoisotopic (exact) mass is 433 g/mol. The van der Waals surface area contributed by atoms with E-state index in [0.717, 1.165) is 5.56 Å². The van der Waals surface area contributed by atoms with Crippen molar-refractivity contribution in [1.82, 2.24) is 0 Å². The molecule has 9 heteroatoms. The van der Waals surface area contributed by atoms with Gasteiger partial charge in [-0.25, -0.2) is 0 Å². The lowest BCUT2D eigenvalue weighted by atomic mass is 9.88. The van der Waals surface area contributed by atoms with Gasteiger partial charge in [0.2, 0.25) is 0 Å². The van der Waals surface area contributed by atoms with Gasteiger partial charge in [0.05, 0.1) is 23.8 Å². The van der Waals surface area contributed by atoms with Crippen LogP contribution in [0.25, 0.3) is 0 Å². The zero-order valence-corrected chi connectivity index (χ0v) is 16.0. The summed E-state index contributed by atoms with van der Waals surface area (Å²) in [4.78, 5) is 0. The number of hydrogen-bond donors (Lipinski definition) is 1. The molecule has 0 spiro atoms. The van der Waals surface area contributed by atoms with Gasteiger partial charge < -0.3 is 15.2 Å². The number of alkyl halides is 6. The van der Waals surface area contributed by atoms with Crippen LogP contribution >= 0.6 is 0 Å². The molecule has 30 heavy (non-hydrogen) atoms. The van der Waals surface area contributed by atoms with E-state index in [1.54, 1.807) is 0 Å². The molecule has 3 rings (SSSR count). The normalized spacial score (nSPS) is 23.5.